The van der Waals surface area contributed by atoms with Gasteiger partial charge in [-0.05, 0) is 48.4 Å². The van der Waals surface area contributed by atoms with Crippen LogP contribution in [0.4, 0.5) is 4.39 Å². The molecule has 0 aromatic heterocycles. The Hall–Kier alpha value is -2.40. The molecule has 6 heteroatoms. The lowest BCUT2D eigenvalue weighted by molar-refractivity contribution is -0.103. The fourth-order valence-corrected chi connectivity index (χ4v) is 4.58. The Kier molecular flexibility index (Phi) is 5.58. The zero-order valence-corrected chi connectivity index (χ0v) is 18.0. The van der Waals surface area contributed by atoms with E-state index in [1.54, 1.807) is 53.4 Å². The minimum Gasteiger partial charge on any atom is -0.350 e. The molecule has 0 spiro atoms. The second kappa shape index (κ2) is 8.03. The van der Waals surface area contributed by atoms with Crippen LogP contribution in [-0.2, 0) is 10.5 Å². The maximum absolute atomic E-state index is 15.2. The summed E-state index contributed by atoms with van der Waals surface area (Å²) in [7, 11) is 1.49. The molecule has 0 bridgehead atoms. The second-order valence-electron chi connectivity index (χ2n) is 7.17. The molecule has 1 heterocycles. The summed E-state index contributed by atoms with van der Waals surface area (Å²) in [6.45, 7) is 1.98. The van der Waals surface area contributed by atoms with Crippen molar-refractivity contribution in [3.8, 4) is 0 Å². The van der Waals surface area contributed by atoms with Gasteiger partial charge in [0.1, 0.15) is 5.82 Å². The quantitative estimate of drug-likeness (QED) is 0.445. The average Bonchev–Trinajstić information content (AvgIpc) is 3.01. The van der Waals surface area contributed by atoms with Crippen molar-refractivity contribution in [2.24, 2.45) is 0 Å². The van der Waals surface area contributed by atoms with Gasteiger partial charge in [-0.3, -0.25) is 9.69 Å². The number of rotatable bonds is 5. The zero-order valence-electron chi connectivity index (χ0n) is 16.5. The molecule has 2 atom stereocenters. The smallest absolute Gasteiger partial charge is 0.257 e. The van der Waals surface area contributed by atoms with E-state index in [2.05, 4.69) is 0 Å². The van der Waals surface area contributed by atoms with Crippen LogP contribution < -0.4 is 0 Å². The number of fused-ring (bicyclic) bond motifs is 1. The first-order chi connectivity index (χ1) is 14.4. The van der Waals surface area contributed by atoms with Crippen molar-refractivity contribution in [3.05, 3.63) is 105 Å². The summed E-state index contributed by atoms with van der Waals surface area (Å²) in [4.78, 5) is 15.3. The second-order valence-corrected chi connectivity index (χ2v) is 8.04. The zero-order chi connectivity index (χ0) is 21.5. The first-order valence-corrected chi connectivity index (χ1v) is 10.4. The lowest BCUT2D eigenvalue weighted by Gasteiger charge is -2.43. The minimum atomic E-state index is -1.43. The van der Waals surface area contributed by atoms with Crippen LogP contribution >= 0.6 is 23.2 Å². The molecular formula is C24H20Cl2FNO2. The van der Waals surface area contributed by atoms with E-state index in [4.69, 9.17) is 27.9 Å². The van der Waals surface area contributed by atoms with Crippen LogP contribution in [0.25, 0.3) is 0 Å². The van der Waals surface area contributed by atoms with Crippen LogP contribution in [0.2, 0.25) is 10.0 Å². The molecule has 4 rings (SSSR count). The molecule has 0 fully saturated rings. The third-order valence-corrected chi connectivity index (χ3v) is 6.13. The van der Waals surface area contributed by atoms with Crippen LogP contribution in [-0.4, -0.2) is 17.9 Å². The standard InChI is InChI=1S/C24H20Cl2FNO2/c1-3-21(15-7-11-17(25)12-8-15)28-23(29)19-5-4-6-20(27)22(19)24(28,30-2)16-9-13-18(26)14-10-16/h4-14,21H,3H2,1-2H3. The van der Waals surface area contributed by atoms with Gasteiger partial charge >= 0.3 is 0 Å². The van der Waals surface area contributed by atoms with Crippen molar-refractivity contribution in [2.45, 2.75) is 25.1 Å². The van der Waals surface area contributed by atoms with Gasteiger partial charge < -0.3 is 4.74 Å². The van der Waals surface area contributed by atoms with E-state index < -0.39 is 11.5 Å². The summed E-state index contributed by atoms with van der Waals surface area (Å²) in [5.41, 5.74) is 0.590. The molecule has 3 nitrogen and oxygen atoms in total. The van der Waals surface area contributed by atoms with Crippen molar-refractivity contribution in [2.75, 3.05) is 7.11 Å². The third-order valence-electron chi connectivity index (χ3n) is 5.63. The fourth-order valence-electron chi connectivity index (χ4n) is 4.33. The topological polar surface area (TPSA) is 29.5 Å². The average molecular weight is 444 g/mol. The molecule has 0 saturated carbocycles. The van der Waals surface area contributed by atoms with Crippen LogP contribution in [0.15, 0.2) is 66.7 Å². The van der Waals surface area contributed by atoms with Gasteiger partial charge in [-0.15, -0.1) is 0 Å². The van der Waals surface area contributed by atoms with E-state index in [1.807, 2.05) is 19.1 Å². The summed E-state index contributed by atoms with van der Waals surface area (Å²) in [6, 6.07) is 18.4. The van der Waals surface area contributed by atoms with Crippen LogP contribution in [0, 0.1) is 5.82 Å². The fraction of sp³-hybridized carbons (Fsp3) is 0.208. The number of hydrogen-bond acceptors (Lipinski definition) is 2. The van der Waals surface area contributed by atoms with E-state index in [1.165, 1.54) is 13.2 Å². The number of carbonyl (C=O) groups excluding carboxylic acids is 1. The van der Waals surface area contributed by atoms with Gasteiger partial charge in [0.15, 0.2) is 5.72 Å². The van der Waals surface area contributed by atoms with E-state index in [-0.39, 0.29) is 17.5 Å². The summed E-state index contributed by atoms with van der Waals surface area (Å²) in [5.74, 6) is -0.783. The predicted molar refractivity (Wildman–Crippen MR) is 116 cm³/mol. The maximum Gasteiger partial charge on any atom is 0.257 e. The first kappa shape index (κ1) is 20.9. The Bertz CT molecular complexity index is 1090. The molecule has 30 heavy (non-hydrogen) atoms. The van der Waals surface area contributed by atoms with Crippen molar-refractivity contribution >= 4 is 29.1 Å². The number of carbonyl (C=O) groups is 1. The van der Waals surface area contributed by atoms with E-state index in [9.17, 15) is 4.79 Å². The highest BCUT2D eigenvalue weighted by Gasteiger charge is 2.55. The molecule has 1 aliphatic heterocycles. The van der Waals surface area contributed by atoms with Crippen molar-refractivity contribution in [1.82, 2.24) is 4.90 Å². The van der Waals surface area contributed by atoms with Gasteiger partial charge in [-0.1, -0.05) is 60.5 Å². The highest BCUT2D eigenvalue weighted by atomic mass is 35.5. The Morgan fingerprint density at radius 2 is 1.60 bits per heavy atom. The first-order valence-electron chi connectivity index (χ1n) is 9.63. The van der Waals surface area contributed by atoms with Gasteiger partial charge in [-0.25, -0.2) is 4.39 Å². The van der Waals surface area contributed by atoms with Gasteiger partial charge in [0.05, 0.1) is 17.2 Å². The third kappa shape index (κ3) is 3.11. The molecular weight excluding hydrogens is 424 g/mol. The predicted octanol–water partition coefficient (Wildman–Crippen LogP) is 6.59. The van der Waals surface area contributed by atoms with Crippen LogP contribution in [0.1, 0.15) is 46.4 Å². The van der Waals surface area contributed by atoms with Crippen LogP contribution in [0.3, 0.4) is 0 Å². The number of benzene rings is 3. The molecule has 0 radical (unpaired) electrons. The van der Waals surface area contributed by atoms with Crippen LogP contribution in [0.5, 0.6) is 0 Å². The Morgan fingerprint density at radius 1 is 1.00 bits per heavy atom. The maximum atomic E-state index is 15.2. The van der Waals surface area contributed by atoms with Crippen molar-refractivity contribution in [3.63, 3.8) is 0 Å². The number of ether oxygens (including phenoxy) is 1. The lowest BCUT2D eigenvalue weighted by atomic mass is 9.91. The number of nitrogens with zero attached hydrogens (tertiary/aromatic N) is 1. The molecule has 0 saturated heterocycles. The van der Waals surface area contributed by atoms with Crippen molar-refractivity contribution in [1.29, 1.82) is 0 Å². The number of methoxy groups -OCH3 is 1. The van der Waals surface area contributed by atoms with E-state index in [0.717, 1.165) is 5.56 Å². The number of hydrogen-bond donors (Lipinski definition) is 0. The van der Waals surface area contributed by atoms with Gasteiger partial charge in [0, 0.05) is 22.7 Å². The molecule has 1 amide bonds. The SMILES string of the molecule is CCC(c1ccc(Cl)cc1)N1C(=O)c2cccc(F)c2C1(OC)c1ccc(Cl)cc1. The van der Waals surface area contributed by atoms with E-state index in [0.29, 0.717) is 27.6 Å². The Balaban J connectivity index is 2.00. The van der Waals surface area contributed by atoms with Gasteiger partial charge in [0.2, 0.25) is 0 Å². The highest BCUT2D eigenvalue weighted by Crippen LogP contribution is 2.50. The number of amides is 1. The summed E-state index contributed by atoms with van der Waals surface area (Å²) in [5, 5.41) is 1.14. The molecule has 1 aliphatic rings. The van der Waals surface area contributed by atoms with E-state index >= 15 is 4.39 Å². The molecule has 3 aromatic rings. The summed E-state index contributed by atoms with van der Waals surface area (Å²) >= 11 is 12.2. The molecule has 0 N–H and O–H groups in total. The summed E-state index contributed by atoms with van der Waals surface area (Å²) in [6.07, 6.45) is 0.599. The largest absolute Gasteiger partial charge is 0.350 e. The molecule has 0 aliphatic carbocycles. The lowest BCUT2D eigenvalue weighted by Crippen LogP contribution is -2.48. The highest BCUT2D eigenvalue weighted by molar-refractivity contribution is 6.30. The number of halogens is 3. The van der Waals surface area contributed by atoms with Crippen molar-refractivity contribution < 1.29 is 13.9 Å². The molecule has 154 valence electrons. The normalized spacial score (nSPS) is 19.1. The molecule has 3 aromatic carbocycles. The monoisotopic (exact) mass is 443 g/mol. The van der Waals surface area contributed by atoms with Gasteiger partial charge in [0.25, 0.3) is 5.91 Å². The molecule has 2 unspecified atom stereocenters. The minimum absolute atomic E-state index is 0.215. The summed E-state index contributed by atoms with van der Waals surface area (Å²) < 4.78 is 21.2. The Labute approximate surface area is 185 Å². The van der Waals surface area contributed by atoms with Gasteiger partial charge in [-0.2, -0.15) is 0 Å². The Morgan fingerprint density at radius 3 is 2.17 bits per heavy atom.